The second-order valence-electron chi connectivity index (χ2n) is 3.99. The van der Waals surface area contributed by atoms with Crippen LogP contribution >= 0.6 is 0 Å². The van der Waals surface area contributed by atoms with E-state index in [1.54, 1.807) is 24.3 Å². The van der Waals surface area contributed by atoms with Gasteiger partial charge in [-0.1, -0.05) is 43.7 Å². The highest BCUT2D eigenvalue weighted by molar-refractivity contribution is 7.74. The molecular formula is C13H18O5S. The highest BCUT2D eigenvalue weighted by Crippen LogP contribution is 2.18. The van der Waals surface area contributed by atoms with Crippen molar-refractivity contribution in [3.05, 3.63) is 35.9 Å². The molecule has 0 bridgehead atoms. The molecule has 106 valence electrons. The van der Waals surface area contributed by atoms with E-state index in [0.717, 1.165) is 12.8 Å². The van der Waals surface area contributed by atoms with Gasteiger partial charge in [-0.05, 0) is 12.0 Å². The topological polar surface area (TPSA) is 72.8 Å². The number of benzene rings is 1. The Morgan fingerprint density at radius 2 is 2.05 bits per heavy atom. The van der Waals surface area contributed by atoms with E-state index in [9.17, 15) is 9.00 Å². The maximum atomic E-state index is 11.9. The monoisotopic (exact) mass is 286 g/mol. The van der Waals surface area contributed by atoms with Gasteiger partial charge in [0.15, 0.2) is 0 Å². The largest absolute Gasteiger partial charge is 0.465 e. The van der Waals surface area contributed by atoms with E-state index in [4.69, 9.17) is 9.29 Å². The summed E-state index contributed by atoms with van der Waals surface area (Å²) in [5, 5.41) is 0. The van der Waals surface area contributed by atoms with Gasteiger partial charge in [0, 0.05) is 0 Å². The molecule has 1 rings (SSSR count). The summed E-state index contributed by atoms with van der Waals surface area (Å²) in [4.78, 5) is 11.9. The molecule has 0 amide bonds. The van der Waals surface area contributed by atoms with E-state index in [1.807, 2.05) is 13.0 Å². The summed E-state index contributed by atoms with van der Waals surface area (Å²) >= 11 is -2.39. The minimum atomic E-state index is -2.39. The van der Waals surface area contributed by atoms with E-state index in [2.05, 4.69) is 4.18 Å². The zero-order valence-electron chi connectivity index (χ0n) is 10.8. The molecule has 0 aromatic heterocycles. The van der Waals surface area contributed by atoms with Crippen LogP contribution < -0.4 is 0 Å². The number of ether oxygens (including phenoxy) is 1. The first-order chi connectivity index (χ1) is 9.15. The smallest absolute Gasteiger partial charge is 0.315 e. The maximum Gasteiger partial charge on any atom is 0.315 e. The van der Waals surface area contributed by atoms with Gasteiger partial charge in [-0.15, -0.1) is 0 Å². The Kier molecular flexibility index (Phi) is 7.32. The van der Waals surface area contributed by atoms with Gasteiger partial charge < -0.3 is 4.74 Å². The van der Waals surface area contributed by atoms with E-state index < -0.39 is 23.2 Å². The molecule has 0 radical (unpaired) electrons. The fraction of sp³-hybridized carbons (Fsp3) is 0.462. The molecular weight excluding hydrogens is 268 g/mol. The lowest BCUT2D eigenvalue weighted by Crippen LogP contribution is -2.21. The molecule has 0 aliphatic heterocycles. The normalized spacial score (nSPS) is 13.8. The van der Waals surface area contributed by atoms with Crippen LogP contribution in [0.15, 0.2) is 30.3 Å². The van der Waals surface area contributed by atoms with Crippen LogP contribution in [0.1, 0.15) is 31.2 Å². The molecule has 1 N–H and O–H groups in total. The van der Waals surface area contributed by atoms with E-state index in [0.29, 0.717) is 12.2 Å². The van der Waals surface area contributed by atoms with E-state index >= 15 is 0 Å². The molecule has 2 unspecified atom stereocenters. The summed E-state index contributed by atoms with van der Waals surface area (Å²) in [7, 11) is 0. The average molecular weight is 286 g/mol. The van der Waals surface area contributed by atoms with Gasteiger partial charge in [0.2, 0.25) is 0 Å². The van der Waals surface area contributed by atoms with Crippen LogP contribution in [-0.4, -0.2) is 27.9 Å². The van der Waals surface area contributed by atoms with E-state index in [-0.39, 0.29) is 6.61 Å². The summed E-state index contributed by atoms with van der Waals surface area (Å²) in [6.45, 7) is 2.17. The molecule has 0 aliphatic rings. The number of unbranched alkanes of at least 4 members (excludes halogenated alkanes) is 1. The van der Waals surface area contributed by atoms with Crippen molar-refractivity contribution in [2.24, 2.45) is 0 Å². The Bertz CT molecular complexity index is 407. The van der Waals surface area contributed by atoms with Crippen LogP contribution in [0.4, 0.5) is 0 Å². The lowest BCUT2D eigenvalue weighted by molar-refractivity contribution is -0.146. The standard InChI is InChI=1S/C13H18O5S/c1-2-3-9-17-13(14)12(10-18-19(15)16)11-7-5-4-6-8-11/h4-8,12H,2-3,9-10H2,1H3,(H,15,16). The predicted molar refractivity (Wildman–Crippen MR) is 71.8 cm³/mol. The fourth-order valence-corrected chi connectivity index (χ4v) is 1.78. The zero-order chi connectivity index (χ0) is 14.1. The molecule has 0 heterocycles. The molecule has 1 aromatic rings. The third-order valence-electron chi connectivity index (χ3n) is 2.56. The summed E-state index contributed by atoms with van der Waals surface area (Å²) in [6.07, 6.45) is 1.72. The minimum Gasteiger partial charge on any atom is -0.465 e. The van der Waals surface area contributed by atoms with Crippen molar-refractivity contribution < 1.29 is 22.5 Å². The first kappa shape index (κ1) is 15.8. The molecule has 1 aromatic carbocycles. The minimum absolute atomic E-state index is 0.182. The van der Waals surface area contributed by atoms with Crippen molar-refractivity contribution in [1.82, 2.24) is 0 Å². The van der Waals surface area contributed by atoms with Gasteiger partial charge in [-0.3, -0.25) is 13.5 Å². The highest BCUT2D eigenvalue weighted by atomic mass is 32.2. The predicted octanol–water partition coefficient (Wildman–Crippen LogP) is 2.27. The molecule has 2 atom stereocenters. The average Bonchev–Trinajstić information content (AvgIpc) is 2.40. The van der Waals surface area contributed by atoms with Crippen molar-refractivity contribution in [2.75, 3.05) is 13.2 Å². The maximum absolute atomic E-state index is 11.9. The molecule has 6 heteroatoms. The number of carbonyl (C=O) groups is 1. The number of hydrogen-bond donors (Lipinski definition) is 1. The van der Waals surface area contributed by atoms with Crippen LogP contribution in [0.5, 0.6) is 0 Å². The Balaban J connectivity index is 2.69. The third kappa shape index (κ3) is 5.96. The lowest BCUT2D eigenvalue weighted by Gasteiger charge is -2.15. The molecule has 0 saturated heterocycles. The number of esters is 1. The zero-order valence-corrected chi connectivity index (χ0v) is 11.6. The highest BCUT2D eigenvalue weighted by Gasteiger charge is 2.23. The number of hydrogen-bond acceptors (Lipinski definition) is 4. The van der Waals surface area contributed by atoms with Crippen LogP contribution in [0, 0.1) is 0 Å². The Morgan fingerprint density at radius 3 is 2.63 bits per heavy atom. The Morgan fingerprint density at radius 1 is 1.37 bits per heavy atom. The van der Waals surface area contributed by atoms with Crippen molar-refractivity contribution in [2.45, 2.75) is 25.7 Å². The summed E-state index contributed by atoms with van der Waals surface area (Å²) in [5.74, 6) is -1.13. The quantitative estimate of drug-likeness (QED) is 0.451. The van der Waals surface area contributed by atoms with Crippen LogP contribution in [-0.2, 0) is 25.1 Å². The van der Waals surface area contributed by atoms with Gasteiger partial charge in [0.05, 0.1) is 13.2 Å². The Labute approximate surface area is 115 Å². The molecule has 19 heavy (non-hydrogen) atoms. The van der Waals surface area contributed by atoms with Crippen LogP contribution in [0.3, 0.4) is 0 Å². The third-order valence-corrected chi connectivity index (χ3v) is 2.90. The molecule has 5 nitrogen and oxygen atoms in total. The van der Waals surface area contributed by atoms with Crippen molar-refractivity contribution >= 4 is 17.3 Å². The van der Waals surface area contributed by atoms with Gasteiger partial charge in [-0.2, -0.15) is 4.21 Å². The first-order valence-corrected chi connectivity index (χ1v) is 7.14. The first-order valence-electron chi connectivity index (χ1n) is 6.10. The Hall–Kier alpha value is -1.24. The van der Waals surface area contributed by atoms with Crippen LogP contribution in [0.25, 0.3) is 0 Å². The number of carbonyl (C=O) groups excluding carboxylic acids is 1. The summed E-state index contributed by atoms with van der Waals surface area (Å²) < 4.78 is 28.9. The van der Waals surface area contributed by atoms with Gasteiger partial charge in [0.25, 0.3) is 0 Å². The van der Waals surface area contributed by atoms with E-state index in [1.165, 1.54) is 0 Å². The number of rotatable bonds is 8. The molecule has 0 aliphatic carbocycles. The SMILES string of the molecule is CCCCOC(=O)C(COS(=O)O)c1ccccc1. The van der Waals surface area contributed by atoms with Crippen molar-refractivity contribution in [3.63, 3.8) is 0 Å². The molecule has 0 fully saturated rings. The van der Waals surface area contributed by atoms with Gasteiger partial charge >= 0.3 is 17.3 Å². The van der Waals surface area contributed by atoms with Crippen LogP contribution in [0.2, 0.25) is 0 Å². The summed E-state index contributed by atoms with van der Waals surface area (Å²) in [6, 6.07) is 8.92. The molecule has 0 saturated carbocycles. The second kappa shape index (κ2) is 8.79. The van der Waals surface area contributed by atoms with Crippen molar-refractivity contribution in [1.29, 1.82) is 0 Å². The lowest BCUT2D eigenvalue weighted by atomic mass is 10.0. The van der Waals surface area contributed by atoms with Crippen molar-refractivity contribution in [3.8, 4) is 0 Å². The second-order valence-corrected chi connectivity index (χ2v) is 4.66. The van der Waals surface area contributed by atoms with Gasteiger partial charge in [-0.25, -0.2) is 0 Å². The molecule has 0 spiro atoms. The fourth-order valence-electron chi connectivity index (χ4n) is 1.53. The van der Waals surface area contributed by atoms with Gasteiger partial charge in [0.1, 0.15) is 5.92 Å². The summed E-state index contributed by atoms with van der Waals surface area (Å²) in [5.41, 5.74) is 0.703.